The van der Waals surface area contributed by atoms with Crippen molar-refractivity contribution in [3.8, 4) is 0 Å². The fourth-order valence-corrected chi connectivity index (χ4v) is 3.46. The summed E-state index contributed by atoms with van der Waals surface area (Å²) in [7, 11) is 1.37. The Morgan fingerprint density at radius 1 is 1.25 bits per heavy atom. The van der Waals surface area contributed by atoms with E-state index < -0.39 is 0 Å². The van der Waals surface area contributed by atoms with E-state index in [4.69, 9.17) is 17.0 Å². The topological polar surface area (TPSA) is 50.4 Å². The third-order valence-electron chi connectivity index (χ3n) is 3.52. The van der Waals surface area contributed by atoms with Crippen molar-refractivity contribution in [2.75, 3.05) is 17.7 Å². The first-order chi connectivity index (χ1) is 11.5. The fourth-order valence-electron chi connectivity index (χ4n) is 2.27. The molecule has 6 heteroatoms. The Morgan fingerprint density at radius 2 is 1.96 bits per heavy atom. The van der Waals surface area contributed by atoms with Gasteiger partial charge in [-0.1, -0.05) is 25.5 Å². The average Bonchev–Trinajstić information content (AvgIpc) is 2.93. The van der Waals surface area contributed by atoms with E-state index in [0.29, 0.717) is 15.7 Å². The van der Waals surface area contributed by atoms with E-state index in [1.165, 1.54) is 36.9 Å². The first-order valence-electron chi connectivity index (χ1n) is 7.89. The Balaban J connectivity index is 1.99. The highest BCUT2D eigenvalue weighted by Gasteiger charge is 2.16. The van der Waals surface area contributed by atoms with E-state index in [9.17, 15) is 4.79 Å². The molecule has 1 aromatic carbocycles. The largest absolute Gasteiger partial charge is 0.465 e. The number of esters is 1. The van der Waals surface area contributed by atoms with Gasteiger partial charge in [-0.2, -0.15) is 0 Å². The number of nitrogens with one attached hydrogen (secondary N) is 2. The van der Waals surface area contributed by atoms with Crippen LogP contribution >= 0.6 is 23.6 Å². The van der Waals surface area contributed by atoms with Crippen LogP contribution in [-0.4, -0.2) is 18.2 Å². The van der Waals surface area contributed by atoms with Crippen molar-refractivity contribution in [3.05, 3.63) is 46.3 Å². The van der Waals surface area contributed by atoms with Crippen molar-refractivity contribution in [2.24, 2.45) is 0 Å². The molecular weight excluding hydrogens is 340 g/mol. The number of methoxy groups -OCH3 is 1. The molecular formula is C18H22N2O2S2. The number of thiocarbonyl (C=S) groups is 1. The molecule has 0 radical (unpaired) electrons. The molecule has 0 bridgehead atoms. The predicted molar refractivity (Wildman–Crippen MR) is 105 cm³/mol. The smallest absolute Gasteiger partial charge is 0.340 e. The lowest BCUT2D eigenvalue weighted by molar-refractivity contribution is 0.0602. The van der Waals surface area contributed by atoms with Crippen LogP contribution in [0.2, 0.25) is 0 Å². The first-order valence-corrected chi connectivity index (χ1v) is 9.11. The molecule has 2 rings (SSSR count). The van der Waals surface area contributed by atoms with Gasteiger partial charge >= 0.3 is 5.97 Å². The van der Waals surface area contributed by atoms with E-state index in [2.05, 4.69) is 29.7 Å². The van der Waals surface area contributed by atoms with Crippen LogP contribution in [0.3, 0.4) is 0 Å². The van der Waals surface area contributed by atoms with Crippen molar-refractivity contribution in [1.29, 1.82) is 0 Å². The van der Waals surface area contributed by atoms with Gasteiger partial charge < -0.3 is 15.4 Å². The minimum atomic E-state index is -0.370. The number of hydrogen-bond acceptors (Lipinski definition) is 4. The van der Waals surface area contributed by atoms with Crippen molar-refractivity contribution in [1.82, 2.24) is 0 Å². The molecule has 0 aliphatic carbocycles. The van der Waals surface area contributed by atoms with E-state index in [1.807, 2.05) is 19.1 Å². The van der Waals surface area contributed by atoms with Gasteiger partial charge in [0.15, 0.2) is 5.11 Å². The summed E-state index contributed by atoms with van der Waals surface area (Å²) in [6.07, 6.45) is 3.48. The lowest BCUT2D eigenvalue weighted by atomic mass is 10.1. The second-order valence-corrected chi connectivity index (χ2v) is 7.14. The maximum atomic E-state index is 11.8. The molecule has 0 spiro atoms. The van der Waals surface area contributed by atoms with Gasteiger partial charge in [0.25, 0.3) is 0 Å². The van der Waals surface area contributed by atoms with Crippen molar-refractivity contribution < 1.29 is 9.53 Å². The molecule has 128 valence electrons. The number of hydrogen-bond donors (Lipinski definition) is 2. The monoisotopic (exact) mass is 362 g/mol. The Bertz CT molecular complexity index is 708. The van der Waals surface area contributed by atoms with Crippen LogP contribution < -0.4 is 10.6 Å². The molecule has 4 nitrogen and oxygen atoms in total. The highest BCUT2D eigenvalue weighted by atomic mass is 32.1. The molecule has 0 aliphatic heterocycles. The summed E-state index contributed by atoms with van der Waals surface area (Å²) < 4.78 is 4.80. The SMILES string of the molecule is CCCCc1ccc(NC(=S)Nc2sc(C)cc2C(=O)OC)cc1. The van der Waals surface area contributed by atoms with Crippen LogP contribution in [0.1, 0.15) is 40.6 Å². The van der Waals surface area contributed by atoms with Gasteiger partial charge in [-0.25, -0.2) is 4.79 Å². The Morgan fingerprint density at radius 3 is 2.58 bits per heavy atom. The van der Waals surface area contributed by atoms with Crippen LogP contribution in [0.4, 0.5) is 10.7 Å². The molecule has 0 unspecified atom stereocenters. The number of unbranched alkanes of at least 4 members (excludes halogenated alkanes) is 1. The highest BCUT2D eigenvalue weighted by Crippen LogP contribution is 2.28. The van der Waals surface area contributed by atoms with Crippen LogP contribution in [0, 0.1) is 6.92 Å². The third-order valence-corrected chi connectivity index (χ3v) is 4.69. The number of thiophene rings is 1. The maximum absolute atomic E-state index is 11.8. The summed E-state index contributed by atoms with van der Waals surface area (Å²) in [6.45, 7) is 4.13. The van der Waals surface area contributed by atoms with Crippen molar-refractivity contribution in [3.63, 3.8) is 0 Å². The average molecular weight is 363 g/mol. The standard InChI is InChI=1S/C18H22N2O2S2/c1-4-5-6-13-7-9-14(10-8-13)19-18(23)20-16-15(17(21)22-3)11-12(2)24-16/h7-11H,4-6H2,1-3H3,(H2,19,20,23). The zero-order chi connectivity index (χ0) is 17.5. The predicted octanol–water partition coefficient (Wildman–Crippen LogP) is 4.99. The summed E-state index contributed by atoms with van der Waals surface area (Å²) in [4.78, 5) is 12.8. The van der Waals surface area contributed by atoms with Crippen LogP contribution in [0.25, 0.3) is 0 Å². The van der Waals surface area contributed by atoms with Gasteiger partial charge in [0, 0.05) is 10.6 Å². The van der Waals surface area contributed by atoms with E-state index >= 15 is 0 Å². The molecule has 0 saturated carbocycles. The number of benzene rings is 1. The first kappa shape index (κ1) is 18.4. The number of ether oxygens (including phenoxy) is 1. The second kappa shape index (κ2) is 8.80. The normalized spacial score (nSPS) is 10.3. The second-order valence-electron chi connectivity index (χ2n) is 5.47. The van der Waals surface area contributed by atoms with Crippen LogP contribution in [-0.2, 0) is 11.2 Å². The maximum Gasteiger partial charge on any atom is 0.340 e. The third kappa shape index (κ3) is 5.04. The molecule has 0 fully saturated rings. The van der Waals surface area contributed by atoms with Gasteiger partial charge in [-0.15, -0.1) is 11.3 Å². The Kier molecular flexibility index (Phi) is 6.75. The Labute approximate surface area is 152 Å². The van der Waals surface area contributed by atoms with Gasteiger partial charge in [0.1, 0.15) is 5.00 Å². The fraction of sp³-hybridized carbons (Fsp3) is 0.333. The molecule has 0 saturated heterocycles. The molecule has 1 heterocycles. The summed E-state index contributed by atoms with van der Waals surface area (Å²) in [5, 5.41) is 7.36. The summed E-state index contributed by atoms with van der Waals surface area (Å²) in [5.41, 5.74) is 2.74. The summed E-state index contributed by atoms with van der Waals surface area (Å²) >= 11 is 6.81. The lowest BCUT2D eigenvalue weighted by Crippen LogP contribution is -2.19. The number of anilines is 2. The van der Waals surface area contributed by atoms with Crippen molar-refractivity contribution >= 4 is 45.3 Å². The zero-order valence-electron chi connectivity index (χ0n) is 14.1. The zero-order valence-corrected chi connectivity index (χ0v) is 15.8. The van der Waals surface area contributed by atoms with Gasteiger partial charge in [-0.05, 0) is 55.7 Å². The van der Waals surface area contributed by atoms with Gasteiger partial charge in [0.05, 0.1) is 12.7 Å². The number of carbonyl (C=O) groups excluding carboxylic acids is 1. The highest BCUT2D eigenvalue weighted by molar-refractivity contribution is 7.80. The lowest BCUT2D eigenvalue weighted by Gasteiger charge is -2.11. The quantitative estimate of drug-likeness (QED) is 0.560. The number of aryl methyl sites for hydroxylation is 2. The van der Waals surface area contributed by atoms with Crippen molar-refractivity contribution in [2.45, 2.75) is 33.1 Å². The minimum absolute atomic E-state index is 0.370. The minimum Gasteiger partial charge on any atom is -0.465 e. The molecule has 2 N–H and O–H groups in total. The Hall–Kier alpha value is -1.92. The molecule has 0 aliphatic rings. The number of carbonyl (C=O) groups is 1. The van der Waals surface area contributed by atoms with Crippen LogP contribution in [0.15, 0.2) is 30.3 Å². The van der Waals surface area contributed by atoms with Crippen LogP contribution in [0.5, 0.6) is 0 Å². The molecule has 24 heavy (non-hydrogen) atoms. The van der Waals surface area contributed by atoms with E-state index in [0.717, 1.165) is 17.0 Å². The van der Waals surface area contributed by atoms with Gasteiger partial charge in [0.2, 0.25) is 0 Å². The number of rotatable bonds is 6. The molecule has 0 amide bonds. The summed E-state index contributed by atoms with van der Waals surface area (Å²) in [5.74, 6) is -0.370. The van der Waals surface area contributed by atoms with E-state index in [-0.39, 0.29) is 5.97 Å². The van der Waals surface area contributed by atoms with E-state index in [1.54, 1.807) is 6.07 Å². The molecule has 0 atom stereocenters. The summed E-state index contributed by atoms with van der Waals surface area (Å²) in [6, 6.07) is 10.0. The van der Waals surface area contributed by atoms with Gasteiger partial charge in [-0.3, -0.25) is 0 Å². The molecule has 2 aromatic rings. The molecule has 1 aromatic heterocycles.